The fourth-order valence-electron chi connectivity index (χ4n) is 2.90. The molecule has 2 N–H and O–H groups in total. The Morgan fingerprint density at radius 2 is 2.00 bits per heavy atom. The fourth-order valence-corrected chi connectivity index (χ4v) is 2.90. The summed E-state index contributed by atoms with van der Waals surface area (Å²) in [7, 11) is 1.94. The predicted octanol–water partition coefficient (Wildman–Crippen LogP) is 3.18. The normalized spacial score (nSPS) is 26.0. The van der Waals surface area contributed by atoms with Gasteiger partial charge in [0.05, 0.1) is 0 Å². The van der Waals surface area contributed by atoms with E-state index >= 15 is 0 Å². The van der Waals surface area contributed by atoms with Crippen molar-refractivity contribution < 1.29 is 4.79 Å². The number of hydrogen-bond donors (Lipinski definition) is 1. The molecule has 1 rings (SSSR count). The van der Waals surface area contributed by atoms with Crippen LogP contribution in [0.4, 0.5) is 0 Å². The zero-order chi connectivity index (χ0) is 14.6. The van der Waals surface area contributed by atoms with Crippen LogP contribution in [0.5, 0.6) is 0 Å². The summed E-state index contributed by atoms with van der Waals surface area (Å²) in [4.78, 5) is 14.2. The Kier molecular flexibility index (Phi) is 5.84. The summed E-state index contributed by atoms with van der Waals surface area (Å²) in [5, 5.41) is 0. The summed E-state index contributed by atoms with van der Waals surface area (Å²) in [5.41, 5.74) is 6.14. The van der Waals surface area contributed by atoms with Crippen LogP contribution >= 0.6 is 0 Å². The third-order valence-corrected chi connectivity index (χ3v) is 4.82. The highest BCUT2D eigenvalue weighted by molar-refractivity contribution is 5.76. The van der Waals surface area contributed by atoms with Crippen molar-refractivity contribution in [2.75, 3.05) is 7.05 Å². The Bertz CT molecular complexity index is 296. The first kappa shape index (κ1) is 16.5. The minimum Gasteiger partial charge on any atom is -0.343 e. The van der Waals surface area contributed by atoms with Crippen LogP contribution in [0, 0.1) is 11.3 Å². The molecule has 112 valence electrons. The molecule has 0 heterocycles. The summed E-state index contributed by atoms with van der Waals surface area (Å²) >= 11 is 0. The van der Waals surface area contributed by atoms with E-state index in [-0.39, 0.29) is 17.4 Å². The molecule has 0 aromatic heterocycles. The molecule has 0 saturated heterocycles. The number of carbonyl (C=O) groups excluding carboxylic acids is 1. The zero-order valence-electron chi connectivity index (χ0n) is 13.4. The molecule has 0 bridgehead atoms. The molecule has 0 aromatic carbocycles. The predicted molar refractivity (Wildman–Crippen MR) is 80.9 cm³/mol. The van der Waals surface area contributed by atoms with Gasteiger partial charge in [-0.25, -0.2) is 0 Å². The lowest BCUT2D eigenvalue weighted by Crippen LogP contribution is -2.43. The minimum absolute atomic E-state index is 0.137. The van der Waals surface area contributed by atoms with E-state index in [1.807, 2.05) is 11.9 Å². The van der Waals surface area contributed by atoms with Gasteiger partial charge in [0.15, 0.2) is 0 Å². The van der Waals surface area contributed by atoms with Crippen molar-refractivity contribution in [3.8, 4) is 0 Å². The minimum atomic E-state index is 0.137. The van der Waals surface area contributed by atoms with E-state index in [1.165, 1.54) is 12.8 Å². The molecule has 0 aliphatic heterocycles. The first-order valence-electron chi connectivity index (χ1n) is 7.73. The summed E-state index contributed by atoms with van der Waals surface area (Å²) in [5.74, 6) is 0.938. The van der Waals surface area contributed by atoms with Crippen molar-refractivity contribution in [3.63, 3.8) is 0 Å². The molecule has 1 saturated carbocycles. The van der Waals surface area contributed by atoms with Gasteiger partial charge in [0.25, 0.3) is 0 Å². The largest absolute Gasteiger partial charge is 0.343 e. The Hall–Kier alpha value is -0.570. The summed E-state index contributed by atoms with van der Waals surface area (Å²) in [6.07, 6.45) is 6.42. The van der Waals surface area contributed by atoms with Gasteiger partial charge < -0.3 is 10.6 Å². The Morgan fingerprint density at radius 3 is 2.53 bits per heavy atom. The van der Waals surface area contributed by atoms with Gasteiger partial charge in [-0.2, -0.15) is 0 Å². The SMILES string of the molecule is CC(N(C)C(=O)CCC1CCCC(N)C1)C(C)(C)C. The second-order valence-corrected chi connectivity index (χ2v) is 7.38. The summed E-state index contributed by atoms with van der Waals surface area (Å²) in [6, 6.07) is 0.633. The van der Waals surface area contributed by atoms with Gasteiger partial charge in [-0.05, 0) is 37.5 Å². The van der Waals surface area contributed by atoms with Crippen LogP contribution in [0.25, 0.3) is 0 Å². The lowest BCUT2D eigenvalue weighted by atomic mass is 9.83. The molecule has 0 spiro atoms. The Balaban J connectivity index is 2.38. The van der Waals surface area contributed by atoms with Crippen LogP contribution in [0.3, 0.4) is 0 Å². The number of rotatable bonds is 4. The third-order valence-electron chi connectivity index (χ3n) is 4.82. The molecule has 1 amide bonds. The molecular formula is C16H32N2O. The van der Waals surface area contributed by atoms with Crippen LogP contribution in [0.15, 0.2) is 0 Å². The Morgan fingerprint density at radius 1 is 1.37 bits per heavy atom. The molecule has 0 radical (unpaired) electrons. The van der Waals surface area contributed by atoms with Crippen molar-refractivity contribution in [3.05, 3.63) is 0 Å². The van der Waals surface area contributed by atoms with Crippen LogP contribution in [-0.4, -0.2) is 29.9 Å². The standard InChI is InChI=1S/C16H32N2O/c1-12(16(2,3)4)18(5)15(19)10-9-13-7-6-8-14(17)11-13/h12-14H,6-11,17H2,1-5H3. The van der Waals surface area contributed by atoms with Crippen molar-refractivity contribution in [2.24, 2.45) is 17.1 Å². The first-order chi connectivity index (χ1) is 8.71. The lowest BCUT2D eigenvalue weighted by molar-refractivity contribution is -0.134. The monoisotopic (exact) mass is 268 g/mol. The van der Waals surface area contributed by atoms with Crippen LogP contribution in [0.2, 0.25) is 0 Å². The smallest absolute Gasteiger partial charge is 0.222 e. The van der Waals surface area contributed by atoms with Gasteiger partial charge in [0, 0.05) is 25.6 Å². The molecule has 3 unspecified atom stereocenters. The van der Waals surface area contributed by atoms with E-state index in [9.17, 15) is 4.79 Å². The molecule has 1 fully saturated rings. The number of nitrogens with zero attached hydrogens (tertiary/aromatic N) is 1. The van der Waals surface area contributed by atoms with Gasteiger partial charge in [-0.3, -0.25) is 4.79 Å². The van der Waals surface area contributed by atoms with E-state index < -0.39 is 0 Å². The number of nitrogens with two attached hydrogens (primary N) is 1. The molecule has 1 aliphatic carbocycles. The fraction of sp³-hybridized carbons (Fsp3) is 0.938. The van der Waals surface area contributed by atoms with E-state index in [1.54, 1.807) is 0 Å². The average Bonchev–Trinajstić information content (AvgIpc) is 2.33. The van der Waals surface area contributed by atoms with Gasteiger partial charge in [-0.15, -0.1) is 0 Å². The number of amides is 1. The van der Waals surface area contributed by atoms with Gasteiger partial charge in [0.2, 0.25) is 5.91 Å². The van der Waals surface area contributed by atoms with Gasteiger partial charge >= 0.3 is 0 Å². The number of carbonyl (C=O) groups is 1. The van der Waals surface area contributed by atoms with Crippen LogP contribution < -0.4 is 5.73 Å². The maximum atomic E-state index is 12.3. The van der Waals surface area contributed by atoms with Crippen molar-refractivity contribution in [1.82, 2.24) is 4.90 Å². The molecule has 3 atom stereocenters. The van der Waals surface area contributed by atoms with Crippen molar-refractivity contribution >= 4 is 5.91 Å². The summed E-state index contributed by atoms with van der Waals surface area (Å²) in [6.45, 7) is 8.68. The highest BCUT2D eigenvalue weighted by Crippen LogP contribution is 2.28. The summed E-state index contributed by atoms with van der Waals surface area (Å²) < 4.78 is 0. The number of hydrogen-bond acceptors (Lipinski definition) is 2. The van der Waals surface area contributed by atoms with Gasteiger partial charge in [0.1, 0.15) is 0 Å². The third kappa shape index (κ3) is 5.13. The quantitative estimate of drug-likeness (QED) is 0.851. The van der Waals surface area contributed by atoms with E-state index in [0.29, 0.717) is 18.4 Å². The molecule has 19 heavy (non-hydrogen) atoms. The highest BCUT2D eigenvalue weighted by Gasteiger charge is 2.27. The lowest BCUT2D eigenvalue weighted by Gasteiger charge is -2.36. The molecule has 3 nitrogen and oxygen atoms in total. The molecular weight excluding hydrogens is 236 g/mol. The maximum absolute atomic E-state index is 12.3. The molecule has 0 aromatic rings. The average molecular weight is 268 g/mol. The second kappa shape index (κ2) is 6.74. The van der Waals surface area contributed by atoms with E-state index in [4.69, 9.17) is 5.73 Å². The zero-order valence-corrected chi connectivity index (χ0v) is 13.4. The first-order valence-corrected chi connectivity index (χ1v) is 7.73. The molecule has 3 heteroatoms. The topological polar surface area (TPSA) is 46.3 Å². The van der Waals surface area contributed by atoms with Crippen molar-refractivity contribution in [1.29, 1.82) is 0 Å². The Labute approximate surface area is 118 Å². The maximum Gasteiger partial charge on any atom is 0.222 e. The van der Waals surface area contributed by atoms with Gasteiger partial charge in [-0.1, -0.05) is 33.6 Å². The van der Waals surface area contributed by atoms with Crippen LogP contribution in [0.1, 0.15) is 66.2 Å². The van der Waals surface area contributed by atoms with Crippen molar-refractivity contribution in [2.45, 2.75) is 78.3 Å². The second-order valence-electron chi connectivity index (χ2n) is 7.38. The highest BCUT2D eigenvalue weighted by atomic mass is 16.2. The molecule has 1 aliphatic rings. The van der Waals surface area contributed by atoms with E-state index in [0.717, 1.165) is 19.3 Å². The van der Waals surface area contributed by atoms with Crippen LogP contribution in [-0.2, 0) is 4.79 Å². The van der Waals surface area contributed by atoms with E-state index in [2.05, 4.69) is 27.7 Å².